The minimum Gasteiger partial charge on any atom is -0.349 e. The molecule has 0 unspecified atom stereocenters. The summed E-state index contributed by atoms with van der Waals surface area (Å²) in [4.78, 5) is 16.8. The summed E-state index contributed by atoms with van der Waals surface area (Å²) in [7, 11) is 0. The van der Waals surface area contributed by atoms with Crippen molar-refractivity contribution in [3.63, 3.8) is 0 Å². The Morgan fingerprint density at radius 3 is 2.74 bits per heavy atom. The smallest absolute Gasteiger partial charge is 0.251 e. The highest BCUT2D eigenvalue weighted by Gasteiger charge is 2.53. The minimum atomic E-state index is 0.0562. The molecule has 4 rings (SSSR count). The van der Waals surface area contributed by atoms with Crippen LogP contribution >= 0.6 is 11.8 Å². The fraction of sp³-hybridized carbons (Fsp3) is 0.579. The predicted octanol–water partition coefficient (Wildman–Crippen LogP) is 4.20. The molecule has 1 spiro atoms. The molecule has 3 nitrogen and oxygen atoms in total. The first-order chi connectivity index (χ1) is 11.0. The molecule has 0 aromatic carbocycles. The van der Waals surface area contributed by atoms with Crippen LogP contribution in [-0.4, -0.2) is 22.2 Å². The second-order valence-corrected chi connectivity index (χ2v) is 9.05. The standard InChI is InChI=1S/C19H24N2OS/c1-12(2)14-8-19(9-14)10-15(11-19)21-18(22)13-5-6-20-17(7-13)23-16-3-4-16/h5-7,14-16H,1,3-4,8-11H2,2H3,(H,21,22). The lowest BCUT2D eigenvalue weighted by molar-refractivity contribution is -0.0335. The first kappa shape index (κ1) is 15.3. The van der Waals surface area contributed by atoms with Gasteiger partial charge in [0.15, 0.2) is 0 Å². The molecule has 3 aliphatic rings. The van der Waals surface area contributed by atoms with Gasteiger partial charge in [-0.1, -0.05) is 12.2 Å². The van der Waals surface area contributed by atoms with Crippen molar-refractivity contribution in [2.24, 2.45) is 11.3 Å². The summed E-state index contributed by atoms with van der Waals surface area (Å²) in [6.07, 6.45) is 9.12. The Labute approximate surface area is 142 Å². The van der Waals surface area contributed by atoms with Gasteiger partial charge in [-0.05, 0) is 68.9 Å². The molecule has 4 heteroatoms. The van der Waals surface area contributed by atoms with Gasteiger partial charge in [-0.2, -0.15) is 0 Å². The van der Waals surface area contributed by atoms with Crippen LogP contribution in [0.25, 0.3) is 0 Å². The van der Waals surface area contributed by atoms with Crippen LogP contribution in [0.1, 0.15) is 55.8 Å². The third-order valence-corrected chi connectivity index (χ3v) is 6.83. The summed E-state index contributed by atoms with van der Waals surface area (Å²) in [5.41, 5.74) is 2.57. The van der Waals surface area contributed by atoms with Crippen LogP contribution in [-0.2, 0) is 0 Å². The Bertz CT molecular complexity index is 639. The predicted molar refractivity (Wildman–Crippen MR) is 93.6 cm³/mol. The van der Waals surface area contributed by atoms with Gasteiger partial charge in [0.05, 0.1) is 5.03 Å². The van der Waals surface area contributed by atoms with Crippen molar-refractivity contribution < 1.29 is 4.79 Å². The van der Waals surface area contributed by atoms with Gasteiger partial charge in [0.1, 0.15) is 0 Å². The molecule has 3 aliphatic carbocycles. The van der Waals surface area contributed by atoms with Crippen molar-refractivity contribution in [3.8, 4) is 0 Å². The number of hydrogen-bond acceptors (Lipinski definition) is 3. The largest absolute Gasteiger partial charge is 0.349 e. The molecule has 1 amide bonds. The number of carbonyl (C=O) groups excluding carboxylic acids is 1. The average Bonchev–Trinajstić information content (AvgIpc) is 3.23. The van der Waals surface area contributed by atoms with Crippen LogP contribution in [0.15, 0.2) is 35.5 Å². The molecule has 0 saturated heterocycles. The first-order valence-corrected chi connectivity index (χ1v) is 9.50. The van der Waals surface area contributed by atoms with Crippen LogP contribution in [0, 0.1) is 11.3 Å². The number of pyridine rings is 1. The number of allylic oxidation sites excluding steroid dienone is 1. The van der Waals surface area contributed by atoms with E-state index in [1.807, 2.05) is 12.1 Å². The summed E-state index contributed by atoms with van der Waals surface area (Å²) in [6, 6.07) is 4.11. The van der Waals surface area contributed by atoms with E-state index >= 15 is 0 Å². The molecule has 1 heterocycles. The van der Waals surface area contributed by atoms with E-state index < -0.39 is 0 Å². The molecule has 3 fully saturated rings. The maximum absolute atomic E-state index is 12.4. The maximum atomic E-state index is 12.4. The molecule has 122 valence electrons. The van der Waals surface area contributed by atoms with Crippen LogP contribution in [0.3, 0.4) is 0 Å². The normalized spacial score (nSPS) is 32.0. The number of hydrogen-bond donors (Lipinski definition) is 1. The van der Waals surface area contributed by atoms with Crippen LogP contribution < -0.4 is 5.32 Å². The lowest BCUT2D eigenvalue weighted by Crippen LogP contribution is -2.56. The average molecular weight is 328 g/mol. The van der Waals surface area contributed by atoms with Crippen LogP contribution in [0.4, 0.5) is 0 Å². The van der Waals surface area contributed by atoms with Crippen molar-refractivity contribution >= 4 is 17.7 Å². The fourth-order valence-electron chi connectivity index (χ4n) is 4.00. The van der Waals surface area contributed by atoms with Gasteiger partial charge in [0.25, 0.3) is 5.91 Å². The van der Waals surface area contributed by atoms with Gasteiger partial charge in [-0.3, -0.25) is 4.79 Å². The third kappa shape index (κ3) is 3.18. The third-order valence-electron chi connectivity index (χ3n) is 5.56. The van der Waals surface area contributed by atoms with Crippen molar-refractivity contribution in [3.05, 3.63) is 36.0 Å². The van der Waals surface area contributed by atoms with Gasteiger partial charge in [-0.25, -0.2) is 4.98 Å². The maximum Gasteiger partial charge on any atom is 0.251 e. The summed E-state index contributed by atoms with van der Waals surface area (Å²) in [5.74, 6) is 0.773. The highest BCUT2D eigenvalue weighted by Crippen LogP contribution is 2.60. The van der Waals surface area contributed by atoms with Crippen LogP contribution in [0.5, 0.6) is 0 Å². The first-order valence-electron chi connectivity index (χ1n) is 8.62. The Morgan fingerprint density at radius 2 is 2.09 bits per heavy atom. The van der Waals surface area contributed by atoms with E-state index in [1.54, 1.807) is 18.0 Å². The molecule has 0 atom stereocenters. The number of aromatic nitrogens is 1. The number of rotatable bonds is 5. The summed E-state index contributed by atoms with van der Waals surface area (Å²) < 4.78 is 0. The van der Waals surface area contributed by atoms with E-state index in [2.05, 4.69) is 23.8 Å². The molecule has 1 aromatic heterocycles. The van der Waals surface area contributed by atoms with Crippen molar-refractivity contribution in [2.45, 2.75) is 61.8 Å². The molecule has 1 N–H and O–H groups in total. The van der Waals surface area contributed by atoms with E-state index in [1.165, 1.54) is 31.3 Å². The number of carbonyl (C=O) groups is 1. The van der Waals surface area contributed by atoms with E-state index in [0.29, 0.717) is 22.6 Å². The molecular formula is C19H24N2OS. The van der Waals surface area contributed by atoms with E-state index in [4.69, 9.17) is 0 Å². The zero-order chi connectivity index (χ0) is 16.0. The lowest BCUT2D eigenvalue weighted by Gasteiger charge is -2.58. The Balaban J connectivity index is 1.29. The van der Waals surface area contributed by atoms with Crippen molar-refractivity contribution in [2.75, 3.05) is 0 Å². The van der Waals surface area contributed by atoms with Gasteiger partial charge >= 0.3 is 0 Å². The van der Waals surface area contributed by atoms with E-state index in [9.17, 15) is 4.79 Å². The Hall–Kier alpha value is -1.29. The number of nitrogens with zero attached hydrogens (tertiary/aromatic N) is 1. The van der Waals surface area contributed by atoms with Crippen molar-refractivity contribution in [1.29, 1.82) is 0 Å². The second kappa shape index (κ2) is 5.66. The van der Waals surface area contributed by atoms with Gasteiger partial charge in [0.2, 0.25) is 0 Å². The highest BCUT2D eigenvalue weighted by atomic mass is 32.2. The second-order valence-electron chi connectivity index (χ2n) is 7.73. The van der Waals surface area contributed by atoms with E-state index in [-0.39, 0.29) is 5.91 Å². The number of thioether (sulfide) groups is 1. The lowest BCUT2D eigenvalue weighted by atomic mass is 9.49. The van der Waals surface area contributed by atoms with Gasteiger partial charge in [-0.15, -0.1) is 11.8 Å². The number of nitrogens with one attached hydrogen (secondary N) is 1. The van der Waals surface area contributed by atoms with Crippen molar-refractivity contribution in [1.82, 2.24) is 10.3 Å². The van der Waals surface area contributed by atoms with E-state index in [0.717, 1.165) is 23.4 Å². The van der Waals surface area contributed by atoms with Gasteiger partial charge in [0, 0.05) is 23.1 Å². The SMILES string of the molecule is C=C(C)C1CC2(CC(NC(=O)c3ccnc(SC4CC4)c3)C2)C1. The summed E-state index contributed by atoms with van der Waals surface area (Å²) in [5, 5.41) is 4.89. The van der Waals surface area contributed by atoms with Gasteiger partial charge < -0.3 is 5.32 Å². The Kier molecular flexibility index (Phi) is 3.75. The molecule has 23 heavy (non-hydrogen) atoms. The zero-order valence-electron chi connectivity index (χ0n) is 13.7. The summed E-state index contributed by atoms with van der Waals surface area (Å²) >= 11 is 1.80. The highest BCUT2D eigenvalue weighted by molar-refractivity contribution is 8.00. The molecular weight excluding hydrogens is 304 g/mol. The summed E-state index contributed by atoms with van der Waals surface area (Å²) in [6.45, 7) is 6.20. The monoisotopic (exact) mass is 328 g/mol. The molecule has 3 saturated carbocycles. The molecule has 0 bridgehead atoms. The molecule has 0 radical (unpaired) electrons. The molecule has 0 aliphatic heterocycles. The quantitative estimate of drug-likeness (QED) is 0.824. The fourth-order valence-corrected chi connectivity index (χ4v) is 5.03. The Morgan fingerprint density at radius 1 is 1.35 bits per heavy atom. The molecule has 1 aromatic rings. The number of amides is 1. The van der Waals surface area contributed by atoms with Crippen LogP contribution in [0.2, 0.25) is 0 Å². The topological polar surface area (TPSA) is 42.0 Å². The minimum absolute atomic E-state index is 0.0562. The zero-order valence-corrected chi connectivity index (χ0v) is 14.5.